The van der Waals surface area contributed by atoms with Crippen molar-refractivity contribution >= 4 is 15.7 Å². The summed E-state index contributed by atoms with van der Waals surface area (Å²) in [6.45, 7) is 5.41. The van der Waals surface area contributed by atoms with Crippen LogP contribution in [0.25, 0.3) is 0 Å². The molecule has 0 aromatic heterocycles. The highest BCUT2D eigenvalue weighted by atomic mass is 32.2. The second-order valence-corrected chi connectivity index (χ2v) is 6.87. The molecular weight excluding hydrogens is 274 g/mol. The van der Waals surface area contributed by atoms with Crippen LogP contribution in [0.2, 0.25) is 0 Å². The molecule has 0 aliphatic rings. The van der Waals surface area contributed by atoms with Crippen LogP contribution < -0.4 is 0 Å². The number of nitrogens with zero attached hydrogens (tertiary/aromatic N) is 1. The van der Waals surface area contributed by atoms with Crippen LogP contribution in [0, 0.1) is 0 Å². The maximum Gasteiger partial charge on any atom is 0.223 e. The quantitative estimate of drug-likeness (QED) is 0.741. The van der Waals surface area contributed by atoms with Gasteiger partial charge in [0, 0.05) is 19.5 Å². The van der Waals surface area contributed by atoms with Crippen molar-refractivity contribution in [3.05, 3.63) is 30.3 Å². The highest BCUT2D eigenvalue weighted by molar-refractivity contribution is 7.91. The molecule has 4 nitrogen and oxygen atoms in total. The van der Waals surface area contributed by atoms with E-state index in [1.165, 1.54) is 0 Å². The number of rotatable bonds is 8. The summed E-state index contributed by atoms with van der Waals surface area (Å²) in [5, 5.41) is 0. The van der Waals surface area contributed by atoms with E-state index < -0.39 is 9.84 Å². The lowest BCUT2D eigenvalue weighted by Gasteiger charge is -2.21. The SMILES string of the molecule is CCCN(CCC)C(=O)CCS(=O)(=O)c1ccccc1. The van der Waals surface area contributed by atoms with Gasteiger partial charge in [0.25, 0.3) is 0 Å². The summed E-state index contributed by atoms with van der Waals surface area (Å²) < 4.78 is 24.2. The van der Waals surface area contributed by atoms with Crippen molar-refractivity contribution in [2.45, 2.75) is 38.0 Å². The normalized spacial score (nSPS) is 11.3. The summed E-state index contributed by atoms with van der Waals surface area (Å²) in [4.78, 5) is 14.1. The fourth-order valence-corrected chi connectivity index (χ4v) is 3.28. The van der Waals surface area contributed by atoms with Crippen LogP contribution in [-0.4, -0.2) is 38.1 Å². The van der Waals surface area contributed by atoms with E-state index in [9.17, 15) is 13.2 Å². The zero-order chi connectivity index (χ0) is 15.0. The molecule has 0 aliphatic heterocycles. The maximum absolute atomic E-state index is 12.1. The molecule has 1 rings (SSSR count). The van der Waals surface area contributed by atoms with Crippen LogP contribution in [0.5, 0.6) is 0 Å². The molecule has 0 atom stereocenters. The van der Waals surface area contributed by atoms with E-state index >= 15 is 0 Å². The highest BCUT2D eigenvalue weighted by Crippen LogP contribution is 2.12. The summed E-state index contributed by atoms with van der Waals surface area (Å²) in [6, 6.07) is 8.28. The Morgan fingerprint density at radius 1 is 1.05 bits per heavy atom. The first-order valence-electron chi connectivity index (χ1n) is 7.06. The first-order chi connectivity index (χ1) is 9.51. The van der Waals surface area contributed by atoms with Crippen molar-refractivity contribution in [3.63, 3.8) is 0 Å². The van der Waals surface area contributed by atoms with Gasteiger partial charge in [0.15, 0.2) is 9.84 Å². The molecule has 0 spiro atoms. The van der Waals surface area contributed by atoms with Crippen molar-refractivity contribution in [3.8, 4) is 0 Å². The largest absolute Gasteiger partial charge is 0.343 e. The van der Waals surface area contributed by atoms with Crippen molar-refractivity contribution in [1.29, 1.82) is 0 Å². The van der Waals surface area contributed by atoms with E-state index in [0.717, 1.165) is 12.8 Å². The molecule has 1 amide bonds. The Morgan fingerprint density at radius 2 is 1.60 bits per heavy atom. The maximum atomic E-state index is 12.1. The minimum absolute atomic E-state index is 0.0528. The van der Waals surface area contributed by atoms with Gasteiger partial charge < -0.3 is 4.90 Å². The van der Waals surface area contributed by atoms with Gasteiger partial charge in [0.05, 0.1) is 10.6 Å². The van der Waals surface area contributed by atoms with E-state index in [2.05, 4.69) is 0 Å². The Balaban J connectivity index is 2.63. The average Bonchev–Trinajstić information content (AvgIpc) is 2.45. The monoisotopic (exact) mass is 297 g/mol. The van der Waals surface area contributed by atoms with Crippen molar-refractivity contribution in [1.82, 2.24) is 4.90 Å². The van der Waals surface area contributed by atoms with Gasteiger partial charge >= 0.3 is 0 Å². The molecule has 112 valence electrons. The molecule has 0 saturated heterocycles. The average molecular weight is 297 g/mol. The molecule has 0 fully saturated rings. The van der Waals surface area contributed by atoms with Crippen LogP contribution in [0.15, 0.2) is 35.2 Å². The smallest absolute Gasteiger partial charge is 0.223 e. The Hall–Kier alpha value is -1.36. The summed E-state index contributed by atoms with van der Waals surface area (Å²) in [6.07, 6.45) is 1.82. The second kappa shape index (κ2) is 8.04. The predicted molar refractivity (Wildman–Crippen MR) is 80.3 cm³/mol. The Bertz CT molecular complexity index is 505. The zero-order valence-electron chi connectivity index (χ0n) is 12.2. The third-order valence-electron chi connectivity index (χ3n) is 3.03. The molecule has 0 heterocycles. The van der Waals surface area contributed by atoms with Gasteiger partial charge in [0.1, 0.15) is 0 Å². The van der Waals surface area contributed by atoms with E-state index in [1.807, 2.05) is 13.8 Å². The molecule has 0 aliphatic carbocycles. The van der Waals surface area contributed by atoms with Gasteiger partial charge in [-0.2, -0.15) is 0 Å². The lowest BCUT2D eigenvalue weighted by molar-refractivity contribution is -0.130. The van der Waals surface area contributed by atoms with Crippen LogP contribution >= 0.6 is 0 Å². The van der Waals surface area contributed by atoms with Crippen molar-refractivity contribution in [2.24, 2.45) is 0 Å². The predicted octanol–water partition coefficient (Wildman–Crippen LogP) is 2.50. The summed E-state index contributed by atoms with van der Waals surface area (Å²) in [7, 11) is -3.37. The fraction of sp³-hybridized carbons (Fsp3) is 0.533. The molecule has 0 unspecified atom stereocenters. The summed E-state index contributed by atoms with van der Waals surface area (Å²) >= 11 is 0. The lowest BCUT2D eigenvalue weighted by Crippen LogP contribution is -2.33. The minimum Gasteiger partial charge on any atom is -0.343 e. The van der Waals surface area contributed by atoms with Gasteiger partial charge in [-0.1, -0.05) is 32.0 Å². The molecule has 1 aromatic rings. The molecule has 0 N–H and O–H groups in total. The van der Waals surface area contributed by atoms with Crippen molar-refractivity contribution < 1.29 is 13.2 Å². The van der Waals surface area contributed by atoms with Crippen LogP contribution in [-0.2, 0) is 14.6 Å². The van der Waals surface area contributed by atoms with Gasteiger partial charge in [0.2, 0.25) is 5.91 Å². The van der Waals surface area contributed by atoms with Gasteiger partial charge in [-0.05, 0) is 25.0 Å². The number of hydrogen-bond acceptors (Lipinski definition) is 3. The molecule has 20 heavy (non-hydrogen) atoms. The number of carbonyl (C=O) groups excluding carboxylic acids is 1. The lowest BCUT2D eigenvalue weighted by atomic mass is 10.3. The summed E-state index contributed by atoms with van der Waals surface area (Å²) in [5.41, 5.74) is 0. The van der Waals surface area contributed by atoms with Crippen LogP contribution in [0.1, 0.15) is 33.1 Å². The Morgan fingerprint density at radius 3 is 2.10 bits per heavy atom. The molecule has 0 radical (unpaired) electrons. The first-order valence-corrected chi connectivity index (χ1v) is 8.72. The second-order valence-electron chi connectivity index (χ2n) is 4.76. The third-order valence-corrected chi connectivity index (χ3v) is 4.76. The zero-order valence-corrected chi connectivity index (χ0v) is 13.0. The number of carbonyl (C=O) groups is 1. The summed E-state index contributed by atoms with van der Waals surface area (Å²) in [5.74, 6) is -0.201. The Labute approximate surface area is 121 Å². The number of benzene rings is 1. The van der Waals surface area contributed by atoms with E-state index in [1.54, 1.807) is 35.2 Å². The third kappa shape index (κ3) is 4.96. The molecule has 1 aromatic carbocycles. The molecular formula is C15H23NO3S. The molecule has 0 saturated carbocycles. The van der Waals surface area contributed by atoms with Crippen LogP contribution in [0.4, 0.5) is 0 Å². The molecule has 0 bridgehead atoms. The number of amides is 1. The van der Waals surface area contributed by atoms with Gasteiger partial charge in [-0.25, -0.2) is 8.42 Å². The minimum atomic E-state index is -3.37. The number of hydrogen-bond donors (Lipinski definition) is 0. The van der Waals surface area contributed by atoms with Crippen LogP contribution in [0.3, 0.4) is 0 Å². The molecule has 5 heteroatoms. The first kappa shape index (κ1) is 16.7. The standard InChI is InChI=1S/C15H23NO3S/c1-3-11-16(12-4-2)15(17)10-13-20(18,19)14-8-6-5-7-9-14/h5-9H,3-4,10-13H2,1-2H3. The van der Waals surface area contributed by atoms with E-state index in [-0.39, 0.29) is 23.0 Å². The van der Waals surface area contributed by atoms with Gasteiger partial charge in [-0.3, -0.25) is 4.79 Å². The van der Waals surface area contributed by atoms with E-state index in [0.29, 0.717) is 13.1 Å². The highest BCUT2D eigenvalue weighted by Gasteiger charge is 2.18. The number of sulfone groups is 1. The van der Waals surface area contributed by atoms with Crippen molar-refractivity contribution in [2.75, 3.05) is 18.8 Å². The fourth-order valence-electron chi connectivity index (χ4n) is 2.03. The van der Waals surface area contributed by atoms with Gasteiger partial charge in [-0.15, -0.1) is 0 Å². The Kier molecular flexibility index (Phi) is 6.71. The van der Waals surface area contributed by atoms with E-state index in [4.69, 9.17) is 0 Å². The topological polar surface area (TPSA) is 54.5 Å².